The number of rotatable bonds is 6. The molecule has 0 unspecified atom stereocenters. The van der Waals surface area contributed by atoms with Crippen molar-refractivity contribution >= 4 is 91.8 Å². The van der Waals surface area contributed by atoms with Crippen LogP contribution < -0.4 is 45.9 Å². The Kier molecular flexibility index (Phi) is 9.08. The Morgan fingerprint density at radius 1 is 0.348 bits per heavy atom. The van der Waals surface area contributed by atoms with E-state index in [1.807, 2.05) is 0 Å². The number of nitrogens with zero attached hydrogens (tertiary/aromatic N) is 1. The molecular weight excluding hydrogens is 831 g/mol. The minimum Gasteiger partial charge on any atom is -0.458 e. The molecule has 0 atom stereocenters. The Morgan fingerprint density at radius 2 is 0.894 bits per heavy atom. The van der Waals surface area contributed by atoms with Crippen molar-refractivity contribution in [3.63, 3.8) is 0 Å². The second-order valence-corrected chi connectivity index (χ2v) is 23.4. The van der Waals surface area contributed by atoms with Gasteiger partial charge in [-0.2, -0.15) is 0 Å². The van der Waals surface area contributed by atoms with Crippen molar-refractivity contribution < 1.29 is 4.74 Å². The first kappa shape index (κ1) is 38.4. The van der Waals surface area contributed by atoms with Crippen molar-refractivity contribution in [3.8, 4) is 33.8 Å². The van der Waals surface area contributed by atoms with E-state index in [-0.39, 0.29) is 0 Å². The van der Waals surface area contributed by atoms with Gasteiger partial charge in [0, 0.05) is 16.5 Å². The summed E-state index contributed by atoms with van der Waals surface area (Å²) < 4.78 is 6.82. The largest absolute Gasteiger partial charge is 0.458 e. The summed E-state index contributed by atoms with van der Waals surface area (Å²) in [7, 11) is -4.33. The van der Waals surface area contributed by atoms with Crippen molar-refractivity contribution in [2.45, 2.75) is 0 Å². The molecule has 1 spiro atoms. The van der Waals surface area contributed by atoms with Crippen molar-refractivity contribution in [2.75, 3.05) is 4.90 Å². The topological polar surface area (TPSA) is 12.5 Å². The molecule has 0 N–H and O–H groups in total. The smallest absolute Gasteiger partial charge is 0.188 e. The molecule has 11 aromatic carbocycles. The maximum atomic E-state index is 6.82. The summed E-state index contributed by atoms with van der Waals surface area (Å²) in [5.74, 6) is 1.93. The number of fused-ring (bicyclic) bond motifs is 10. The Bertz CT molecular complexity index is 3590. The van der Waals surface area contributed by atoms with Gasteiger partial charge in [-0.3, -0.25) is 0 Å². The van der Waals surface area contributed by atoms with Crippen LogP contribution in [0.4, 0.5) is 17.1 Å². The molecule has 0 aromatic heterocycles. The van der Waals surface area contributed by atoms with Crippen LogP contribution in [0.25, 0.3) is 43.8 Å². The van der Waals surface area contributed by atoms with Crippen LogP contribution in [0.2, 0.25) is 0 Å². The van der Waals surface area contributed by atoms with Crippen LogP contribution >= 0.6 is 0 Å². The van der Waals surface area contributed by atoms with E-state index in [1.165, 1.54) is 80.1 Å². The lowest BCUT2D eigenvalue weighted by atomic mass is 9.96. The third-order valence-electron chi connectivity index (χ3n) is 13.9. The Morgan fingerprint density at radius 3 is 1.65 bits per heavy atom. The molecule has 1 radical (unpaired) electrons. The van der Waals surface area contributed by atoms with Crippen molar-refractivity contribution in [3.05, 3.63) is 255 Å². The monoisotopic (exact) mass is 872 g/mol. The lowest BCUT2D eigenvalue weighted by Gasteiger charge is -2.45. The van der Waals surface area contributed by atoms with Gasteiger partial charge in [-0.1, -0.05) is 234 Å². The molecule has 0 saturated carbocycles. The van der Waals surface area contributed by atoms with Gasteiger partial charge in [-0.15, -0.1) is 0 Å². The Balaban J connectivity index is 1.05. The number of ether oxygens (including phenoxy) is 1. The molecule has 0 bridgehead atoms. The van der Waals surface area contributed by atoms with E-state index in [1.54, 1.807) is 0 Å². The zero-order valence-corrected chi connectivity index (χ0v) is 38.1. The van der Waals surface area contributed by atoms with E-state index in [0.717, 1.165) is 28.6 Å². The van der Waals surface area contributed by atoms with Gasteiger partial charge in [0.05, 0.1) is 11.4 Å². The summed E-state index contributed by atoms with van der Waals surface area (Å²) >= 11 is 0. The summed E-state index contributed by atoms with van der Waals surface area (Å²) in [6.45, 7) is 0. The highest BCUT2D eigenvalue weighted by atomic mass is 28.3. The predicted molar refractivity (Wildman–Crippen MR) is 282 cm³/mol. The fourth-order valence-corrected chi connectivity index (χ4v) is 20.7. The number of benzene rings is 11. The summed E-state index contributed by atoms with van der Waals surface area (Å²) in [5, 5.41) is 14.7. The van der Waals surface area contributed by atoms with Gasteiger partial charge in [-0.25, -0.2) is 0 Å². The fraction of sp³-hybridized carbons (Fsp3) is 0. The zero-order valence-electron chi connectivity index (χ0n) is 36.1. The summed E-state index contributed by atoms with van der Waals surface area (Å²) in [5.41, 5.74) is 8.24. The molecule has 0 aliphatic carbocycles. The summed E-state index contributed by atoms with van der Waals surface area (Å²) in [6.07, 6.45) is 0. The van der Waals surface area contributed by atoms with E-state index in [0.29, 0.717) is 0 Å². The van der Waals surface area contributed by atoms with E-state index in [2.05, 4.69) is 260 Å². The molecule has 66 heavy (non-hydrogen) atoms. The van der Waals surface area contributed by atoms with E-state index < -0.39 is 16.9 Å². The first-order valence-corrected chi connectivity index (χ1v) is 26.3. The van der Waals surface area contributed by atoms with Crippen LogP contribution in [0.3, 0.4) is 0 Å². The quantitative estimate of drug-likeness (QED) is 0.154. The number of anilines is 3. The molecule has 2 aliphatic heterocycles. The van der Waals surface area contributed by atoms with Crippen molar-refractivity contribution in [1.82, 2.24) is 0 Å². The number of hydrogen-bond acceptors (Lipinski definition) is 2. The average Bonchev–Trinajstić information content (AvgIpc) is 3.39. The molecule has 11 aromatic rings. The Hall–Kier alpha value is -8.03. The molecule has 2 aliphatic rings. The first-order valence-electron chi connectivity index (χ1n) is 22.8. The van der Waals surface area contributed by atoms with Gasteiger partial charge in [0.15, 0.2) is 16.9 Å². The molecule has 13 rings (SSSR count). The maximum Gasteiger partial charge on any atom is 0.188 e. The molecular formula is C62H42NOSi2. The van der Waals surface area contributed by atoms with E-state index in [4.69, 9.17) is 4.74 Å². The van der Waals surface area contributed by atoms with Crippen molar-refractivity contribution in [1.29, 1.82) is 0 Å². The highest BCUT2D eigenvalue weighted by Gasteiger charge is 2.54. The number of hydrogen-bond donors (Lipinski definition) is 0. The molecule has 0 fully saturated rings. The van der Waals surface area contributed by atoms with Crippen molar-refractivity contribution in [2.24, 2.45) is 0 Å². The minimum atomic E-state index is -2.94. The predicted octanol–water partition coefficient (Wildman–Crippen LogP) is 11.1. The standard InChI is InChI=1S/C62H42NOSi2/c1-3-18-43(19-4-1)44-34-37-47(38-35-44)63(53-27-17-21-45-20-7-8-24-50(45)53)54-40-39-49(51-25-9-10-26-52(51)54)46-36-41-58-62(42-46)66(59-31-14-11-28-55(59)64-56-29-12-15-32-60(56)66)61-33-16-13-30-57(61)65(58)48-22-5-2-6-23-48/h1-42H. The van der Waals surface area contributed by atoms with Crippen LogP contribution in [0.5, 0.6) is 11.5 Å². The highest BCUT2D eigenvalue weighted by molar-refractivity contribution is 7.27. The molecule has 0 saturated heterocycles. The van der Waals surface area contributed by atoms with Gasteiger partial charge in [0.2, 0.25) is 0 Å². The number of para-hydroxylation sites is 2. The van der Waals surface area contributed by atoms with Crippen LogP contribution in [0.1, 0.15) is 0 Å². The molecule has 309 valence electrons. The van der Waals surface area contributed by atoms with Crippen LogP contribution in [-0.4, -0.2) is 16.9 Å². The molecule has 0 amide bonds. The van der Waals surface area contributed by atoms with Crippen LogP contribution in [0.15, 0.2) is 255 Å². The van der Waals surface area contributed by atoms with Gasteiger partial charge < -0.3 is 9.64 Å². The lowest BCUT2D eigenvalue weighted by molar-refractivity contribution is 0.487. The van der Waals surface area contributed by atoms with Crippen LogP contribution in [-0.2, 0) is 0 Å². The highest BCUT2D eigenvalue weighted by Crippen LogP contribution is 2.44. The normalized spacial score (nSPS) is 13.3. The average molecular weight is 873 g/mol. The minimum absolute atomic E-state index is 0.963. The third-order valence-corrected chi connectivity index (χ3v) is 22.1. The maximum absolute atomic E-state index is 6.82. The van der Waals surface area contributed by atoms with Gasteiger partial charge >= 0.3 is 0 Å². The van der Waals surface area contributed by atoms with Gasteiger partial charge in [0.1, 0.15) is 11.5 Å². The zero-order chi connectivity index (χ0) is 43.6. The molecule has 2 heterocycles. The van der Waals surface area contributed by atoms with E-state index >= 15 is 0 Å². The lowest BCUT2D eigenvalue weighted by Crippen LogP contribution is -2.87. The van der Waals surface area contributed by atoms with Gasteiger partial charge in [0.25, 0.3) is 0 Å². The third kappa shape index (κ3) is 5.92. The summed E-state index contributed by atoms with van der Waals surface area (Å²) in [4.78, 5) is 2.46. The molecule has 2 nitrogen and oxygen atoms in total. The SMILES string of the molecule is c1ccc(-c2ccc(N(c3cccc4ccccc34)c3ccc(-c4ccc5c(c4)[Si]4(c6ccccc6Oc6ccccc64)c4ccccc4[Si]5c4ccccc4)c4ccccc34)cc2)cc1. The summed E-state index contributed by atoms with van der Waals surface area (Å²) in [6, 6.07) is 94.6. The molecule has 4 heteroatoms. The second kappa shape index (κ2) is 15.6. The van der Waals surface area contributed by atoms with Gasteiger partial charge in [-0.05, 0) is 90.2 Å². The first-order chi connectivity index (χ1) is 32.8. The second-order valence-electron chi connectivity index (χ2n) is 17.3. The Labute approximate surface area is 387 Å². The fourth-order valence-electron chi connectivity index (χ4n) is 11.0. The van der Waals surface area contributed by atoms with E-state index in [9.17, 15) is 0 Å². The van der Waals surface area contributed by atoms with Crippen LogP contribution in [0, 0.1) is 0 Å².